The van der Waals surface area contributed by atoms with E-state index in [0.717, 1.165) is 19.3 Å². The first-order valence-electron chi connectivity index (χ1n) is 13.6. The standard InChI is InChI=1S/C28H40N4O6/c1-6-31-21(17-30-13-14-32(18(3)16-30)26(33)19-9-8-10-19)24(27(34)38-7-2)25(29-28(31)35)20-11-12-22(36-4)23(15-20)37-5/h11-12,15,18-19,25H,6-10,13-14,16-17H2,1-5H3,(H,29,35). The van der Waals surface area contributed by atoms with Gasteiger partial charge in [0.05, 0.1) is 32.4 Å². The second-order valence-electron chi connectivity index (χ2n) is 10.1. The van der Waals surface area contributed by atoms with Crippen molar-refractivity contribution in [1.29, 1.82) is 0 Å². The number of nitrogens with one attached hydrogen (secondary N) is 1. The Morgan fingerprint density at radius 2 is 1.82 bits per heavy atom. The molecule has 1 saturated heterocycles. The zero-order valence-electron chi connectivity index (χ0n) is 23.1. The van der Waals surface area contributed by atoms with Crippen LogP contribution in [-0.2, 0) is 14.3 Å². The largest absolute Gasteiger partial charge is 0.493 e. The maximum Gasteiger partial charge on any atom is 0.338 e. The Labute approximate surface area is 224 Å². The minimum Gasteiger partial charge on any atom is -0.493 e. The predicted octanol–water partition coefficient (Wildman–Crippen LogP) is 2.94. The van der Waals surface area contributed by atoms with Gasteiger partial charge < -0.3 is 24.4 Å². The number of nitrogens with zero attached hydrogens (tertiary/aromatic N) is 3. The lowest BCUT2D eigenvalue weighted by atomic mass is 9.84. The highest BCUT2D eigenvalue weighted by atomic mass is 16.5. The molecule has 38 heavy (non-hydrogen) atoms. The van der Waals surface area contributed by atoms with Crippen LogP contribution in [-0.4, -0.2) is 92.2 Å². The van der Waals surface area contributed by atoms with E-state index in [9.17, 15) is 14.4 Å². The van der Waals surface area contributed by atoms with Crippen molar-refractivity contribution in [3.8, 4) is 11.5 Å². The van der Waals surface area contributed by atoms with Gasteiger partial charge in [-0.25, -0.2) is 9.59 Å². The van der Waals surface area contributed by atoms with Gasteiger partial charge in [0.25, 0.3) is 0 Å². The predicted molar refractivity (Wildman–Crippen MR) is 142 cm³/mol. The van der Waals surface area contributed by atoms with Crippen LogP contribution < -0.4 is 14.8 Å². The van der Waals surface area contributed by atoms with Crippen LogP contribution >= 0.6 is 0 Å². The number of carbonyl (C=O) groups is 3. The van der Waals surface area contributed by atoms with Gasteiger partial charge in [0.2, 0.25) is 5.91 Å². The van der Waals surface area contributed by atoms with Crippen LogP contribution in [0.15, 0.2) is 29.5 Å². The van der Waals surface area contributed by atoms with E-state index in [2.05, 4.69) is 17.1 Å². The highest BCUT2D eigenvalue weighted by molar-refractivity contribution is 5.95. The number of carbonyl (C=O) groups excluding carboxylic acids is 3. The normalized spacial score (nSPS) is 22.6. The van der Waals surface area contributed by atoms with Crippen LogP contribution in [0.1, 0.15) is 51.6 Å². The molecule has 0 bridgehead atoms. The van der Waals surface area contributed by atoms with Crippen molar-refractivity contribution >= 4 is 17.9 Å². The molecule has 3 amide bonds. The number of piperazine rings is 1. The molecule has 2 unspecified atom stereocenters. The minimum absolute atomic E-state index is 0.0534. The molecule has 0 aromatic heterocycles. The van der Waals surface area contributed by atoms with Crippen molar-refractivity contribution in [1.82, 2.24) is 20.0 Å². The SMILES string of the molecule is CCOC(=O)C1=C(CN2CCN(C(=O)C3CCC3)C(C)C2)N(CC)C(=O)NC1c1ccc(OC)c(OC)c1. The van der Waals surface area contributed by atoms with Gasteiger partial charge >= 0.3 is 12.0 Å². The minimum atomic E-state index is -0.710. The number of likely N-dealkylation sites (N-methyl/N-ethyl adjacent to an activating group) is 1. The summed E-state index contributed by atoms with van der Waals surface area (Å²) >= 11 is 0. The molecule has 0 radical (unpaired) electrons. The smallest absolute Gasteiger partial charge is 0.338 e. The molecular formula is C28H40N4O6. The summed E-state index contributed by atoms with van der Waals surface area (Å²) in [5, 5.41) is 3.00. The summed E-state index contributed by atoms with van der Waals surface area (Å²) in [4.78, 5) is 45.4. The van der Waals surface area contributed by atoms with E-state index in [-0.39, 0.29) is 30.5 Å². The van der Waals surface area contributed by atoms with Gasteiger partial charge in [-0.05, 0) is 51.3 Å². The number of esters is 1. The van der Waals surface area contributed by atoms with Gasteiger partial charge in [-0.2, -0.15) is 0 Å². The van der Waals surface area contributed by atoms with Crippen LogP contribution in [0.2, 0.25) is 0 Å². The average molecular weight is 529 g/mol. The summed E-state index contributed by atoms with van der Waals surface area (Å²) in [7, 11) is 3.10. The number of rotatable bonds is 9. The summed E-state index contributed by atoms with van der Waals surface area (Å²) in [5.74, 6) is 1.02. The Hall–Kier alpha value is -3.27. The van der Waals surface area contributed by atoms with Crippen LogP contribution in [0, 0.1) is 5.92 Å². The summed E-state index contributed by atoms with van der Waals surface area (Å²) < 4.78 is 16.3. The number of methoxy groups -OCH3 is 2. The van der Waals surface area contributed by atoms with Crippen LogP contribution in [0.3, 0.4) is 0 Å². The van der Waals surface area contributed by atoms with E-state index in [4.69, 9.17) is 14.2 Å². The van der Waals surface area contributed by atoms with Gasteiger partial charge in [0, 0.05) is 50.4 Å². The van der Waals surface area contributed by atoms with E-state index in [1.165, 1.54) is 0 Å². The van der Waals surface area contributed by atoms with Gasteiger partial charge in [-0.1, -0.05) is 12.5 Å². The summed E-state index contributed by atoms with van der Waals surface area (Å²) in [6.07, 6.45) is 3.10. The lowest BCUT2D eigenvalue weighted by Crippen LogP contribution is -2.57. The third-order valence-electron chi connectivity index (χ3n) is 7.81. The number of ether oxygens (including phenoxy) is 3. The van der Waals surface area contributed by atoms with Gasteiger partial charge in [-0.15, -0.1) is 0 Å². The third-order valence-corrected chi connectivity index (χ3v) is 7.81. The Kier molecular flexibility index (Phi) is 8.81. The molecule has 2 aliphatic heterocycles. The van der Waals surface area contributed by atoms with Gasteiger partial charge in [0.15, 0.2) is 11.5 Å². The second-order valence-corrected chi connectivity index (χ2v) is 10.1. The summed E-state index contributed by atoms with van der Waals surface area (Å²) in [6, 6.07) is 4.42. The molecule has 2 heterocycles. The van der Waals surface area contributed by atoms with Crippen molar-refractivity contribution < 1.29 is 28.6 Å². The molecule has 1 saturated carbocycles. The Morgan fingerprint density at radius 1 is 1.08 bits per heavy atom. The number of amides is 3. The molecule has 2 atom stereocenters. The highest BCUT2D eigenvalue weighted by Gasteiger charge is 2.40. The molecule has 10 nitrogen and oxygen atoms in total. The highest BCUT2D eigenvalue weighted by Crippen LogP contribution is 2.37. The first-order chi connectivity index (χ1) is 18.3. The molecule has 208 valence electrons. The topological polar surface area (TPSA) is 101 Å². The molecule has 2 fully saturated rings. The molecule has 3 aliphatic rings. The van der Waals surface area contributed by atoms with Crippen LogP contribution in [0.4, 0.5) is 4.79 Å². The Bertz CT molecular complexity index is 1090. The fraction of sp³-hybridized carbons (Fsp3) is 0.607. The van der Waals surface area contributed by atoms with Crippen LogP contribution in [0.5, 0.6) is 11.5 Å². The maximum absolute atomic E-state index is 13.4. The van der Waals surface area contributed by atoms with Crippen LogP contribution in [0.25, 0.3) is 0 Å². The number of urea groups is 1. The molecule has 4 rings (SSSR count). The maximum atomic E-state index is 13.4. The molecule has 1 N–H and O–H groups in total. The van der Waals surface area contributed by atoms with Crippen molar-refractivity contribution in [2.45, 2.75) is 52.1 Å². The first kappa shape index (κ1) is 27.8. The molecule has 1 aromatic carbocycles. The number of benzene rings is 1. The van der Waals surface area contributed by atoms with Gasteiger partial charge in [0.1, 0.15) is 0 Å². The molecule has 1 aliphatic carbocycles. The van der Waals surface area contributed by atoms with Gasteiger partial charge in [-0.3, -0.25) is 14.6 Å². The Morgan fingerprint density at radius 3 is 2.39 bits per heavy atom. The quantitative estimate of drug-likeness (QED) is 0.492. The third kappa shape index (κ3) is 5.45. The van der Waals surface area contributed by atoms with Crippen molar-refractivity contribution in [3.63, 3.8) is 0 Å². The van der Waals surface area contributed by atoms with Crippen molar-refractivity contribution in [3.05, 3.63) is 35.0 Å². The van der Waals surface area contributed by atoms with E-state index < -0.39 is 12.0 Å². The van der Waals surface area contributed by atoms with E-state index >= 15 is 0 Å². The Balaban J connectivity index is 1.67. The lowest BCUT2D eigenvalue weighted by Gasteiger charge is -2.44. The molecular weight excluding hydrogens is 488 g/mol. The molecule has 0 spiro atoms. The second kappa shape index (κ2) is 12.1. The number of hydrogen-bond donors (Lipinski definition) is 1. The molecule has 1 aromatic rings. The molecule has 10 heteroatoms. The fourth-order valence-corrected chi connectivity index (χ4v) is 5.55. The van der Waals surface area contributed by atoms with Crippen molar-refractivity contribution in [2.24, 2.45) is 5.92 Å². The number of hydrogen-bond acceptors (Lipinski definition) is 7. The van der Waals surface area contributed by atoms with E-state index in [1.54, 1.807) is 38.2 Å². The van der Waals surface area contributed by atoms with Crippen molar-refractivity contribution in [2.75, 3.05) is 53.6 Å². The zero-order valence-corrected chi connectivity index (χ0v) is 23.1. The summed E-state index contributed by atoms with van der Waals surface area (Å²) in [5.41, 5.74) is 1.72. The lowest BCUT2D eigenvalue weighted by molar-refractivity contribution is -0.142. The first-order valence-corrected chi connectivity index (χ1v) is 13.6. The zero-order chi connectivity index (χ0) is 27.4. The average Bonchev–Trinajstić information content (AvgIpc) is 2.87. The van der Waals surface area contributed by atoms with E-state index in [1.807, 2.05) is 17.9 Å². The summed E-state index contributed by atoms with van der Waals surface area (Å²) in [6.45, 7) is 8.71. The fourth-order valence-electron chi connectivity index (χ4n) is 5.55. The monoisotopic (exact) mass is 528 g/mol. The van der Waals surface area contributed by atoms with E-state index in [0.29, 0.717) is 61.1 Å².